The van der Waals surface area contributed by atoms with E-state index in [1.807, 2.05) is 166 Å². The number of carbonyl (C=O) groups excluding carboxylic acids is 4. The van der Waals surface area contributed by atoms with Crippen molar-refractivity contribution in [1.82, 2.24) is 28.5 Å². The van der Waals surface area contributed by atoms with Crippen LogP contribution in [-0.2, 0) is 96.4 Å². The summed E-state index contributed by atoms with van der Waals surface area (Å²) in [5.74, 6) is 5.82. The number of nitrogens with one attached hydrogen (secondary N) is 1. The number of aromatic nitrogens is 4. The number of amides is 1. The quantitative estimate of drug-likeness (QED) is 0.0376. The topological polar surface area (TPSA) is 337 Å². The molecule has 3 aliphatic heterocycles. The van der Waals surface area contributed by atoms with E-state index in [4.69, 9.17) is 38.5 Å². The van der Waals surface area contributed by atoms with Crippen LogP contribution in [0.4, 0.5) is 5.82 Å². The summed E-state index contributed by atoms with van der Waals surface area (Å²) in [6, 6.07) is 73.5. The van der Waals surface area contributed by atoms with E-state index in [-0.39, 0.29) is 80.0 Å². The first-order chi connectivity index (χ1) is 63.3. The van der Waals surface area contributed by atoms with Gasteiger partial charge in [0.25, 0.3) is 0 Å². The SMILES string of the molecule is CN(CC(O)CO)S(=O)(=O)c1ccc(-c2cccc(CC(=O)C3(c4ccc5c(c4)OCO5)CC3)n2)cc1.CS(=O)(=O)CCc1ccc(-c2cccc(NC(=O)C3(c4ccccc4)CC3)n2)cc1.Cc1cc(CC(=O)C2(c3ccc4c(c3)OCO4)CC2)ncc1-c1ccc(S(=O)(=O)N(C)C)cc1.Cc1nc(CC(=O)C2(c3ccc4c(c3)OCO4)CC2)ccc1-c1ccccc1C(C)C.[HH]. The molecular weight excluding hydrogens is 1730 g/mol. The molecule has 1 atom stereocenters. The van der Waals surface area contributed by atoms with Gasteiger partial charge < -0.3 is 44.0 Å². The molecule has 4 aliphatic carbocycles. The molecule has 7 aliphatic rings. The molecule has 684 valence electrons. The molecule has 0 saturated heterocycles. The molecule has 4 saturated carbocycles. The minimum absolute atomic E-state index is 0. The number of pyridine rings is 4. The van der Waals surface area contributed by atoms with Gasteiger partial charge in [0.2, 0.25) is 46.3 Å². The average molecular weight is 1840 g/mol. The van der Waals surface area contributed by atoms with E-state index in [1.54, 1.807) is 48.7 Å². The van der Waals surface area contributed by atoms with E-state index in [9.17, 15) is 49.5 Å². The number of aryl methyl sites for hydroxylation is 3. The Morgan fingerprint density at radius 3 is 1.40 bits per heavy atom. The van der Waals surface area contributed by atoms with Gasteiger partial charge in [-0.05, 0) is 225 Å². The molecule has 8 aromatic carbocycles. The number of benzene rings is 8. The number of sulfone groups is 1. The molecule has 7 heterocycles. The van der Waals surface area contributed by atoms with Crippen LogP contribution in [0.2, 0.25) is 0 Å². The van der Waals surface area contributed by atoms with E-state index < -0.39 is 64.3 Å². The summed E-state index contributed by atoms with van der Waals surface area (Å²) < 4.78 is 108. The number of anilines is 1. The highest BCUT2D eigenvalue weighted by atomic mass is 32.2. The van der Waals surface area contributed by atoms with E-state index in [0.717, 1.165) is 146 Å². The molecule has 19 rings (SSSR count). The molecule has 4 fully saturated rings. The van der Waals surface area contributed by atoms with Crippen LogP contribution in [0.15, 0.2) is 253 Å². The van der Waals surface area contributed by atoms with Crippen molar-refractivity contribution in [3.63, 3.8) is 0 Å². The molecule has 0 bridgehead atoms. The van der Waals surface area contributed by atoms with Crippen molar-refractivity contribution in [3.05, 3.63) is 305 Å². The number of sulfonamides is 2. The van der Waals surface area contributed by atoms with Gasteiger partial charge in [0, 0.05) is 106 Å². The van der Waals surface area contributed by atoms with Crippen molar-refractivity contribution in [2.45, 2.75) is 148 Å². The molecule has 132 heavy (non-hydrogen) atoms. The van der Waals surface area contributed by atoms with Crippen LogP contribution in [0.5, 0.6) is 34.5 Å². The second-order valence-electron chi connectivity index (χ2n) is 35.3. The Labute approximate surface area is 771 Å². The summed E-state index contributed by atoms with van der Waals surface area (Å²) in [7, 11) is -5.92. The van der Waals surface area contributed by atoms with Gasteiger partial charge in [-0.1, -0.05) is 153 Å². The zero-order chi connectivity index (χ0) is 93.1. The van der Waals surface area contributed by atoms with Crippen LogP contribution in [0.3, 0.4) is 0 Å². The maximum atomic E-state index is 13.3. The number of rotatable bonds is 30. The van der Waals surface area contributed by atoms with Crippen molar-refractivity contribution in [2.24, 2.45) is 0 Å². The minimum Gasteiger partial charge on any atom is -0.454 e. The summed E-state index contributed by atoms with van der Waals surface area (Å²) >= 11 is 0. The van der Waals surface area contributed by atoms with Crippen LogP contribution in [0.1, 0.15) is 134 Å². The Morgan fingerprint density at radius 2 is 0.917 bits per heavy atom. The summed E-state index contributed by atoms with van der Waals surface area (Å²) in [4.78, 5) is 71.8. The van der Waals surface area contributed by atoms with E-state index >= 15 is 0 Å². The molecular formula is C104H107N7O18S3. The Bertz CT molecular complexity index is 6730. The molecule has 0 radical (unpaired) electrons. The smallest absolute Gasteiger partial charge is 0.242 e. The van der Waals surface area contributed by atoms with Gasteiger partial charge in [-0.2, -0.15) is 4.31 Å². The number of ether oxygens (including phenoxy) is 6. The summed E-state index contributed by atoms with van der Waals surface area (Å²) in [5.41, 5.74) is 15.7. The number of hydrogen-bond donors (Lipinski definition) is 3. The first kappa shape index (κ1) is 92.6. The maximum Gasteiger partial charge on any atom is 0.242 e. The lowest BCUT2D eigenvalue weighted by molar-refractivity contribution is -0.121. The van der Waals surface area contributed by atoms with E-state index in [0.29, 0.717) is 64.5 Å². The highest BCUT2D eigenvalue weighted by molar-refractivity contribution is 7.90. The van der Waals surface area contributed by atoms with E-state index in [1.165, 1.54) is 55.0 Å². The predicted molar refractivity (Wildman–Crippen MR) is 504 cm³/mol. The Hall–Kier alpha value is -12.7. The number of hydrogen-bond acceptors (Lipinski definition) is 22. The Balaban J connectivity index is 0.000000135. The maximum absolute atomic E-state index is 13.3. The number of Topliss-reactive ketones (excluding diaryl/α,β-unsaturated/α-hetero) is 3. The fourth-order valence-corrected chi connectivity index (χ4v) is 19.9. The number of nitrogens with zero attached hydrogens (tertiary/aromatic N) is 6. The first-order valence-corrected chi connectivity index (χ1v) is 49.0. The lowest BCUT2D eigenvalue weighted by Crippen LogP contribution is -2.35. The normalized spacial score (nSPS) is 15.9. The molecule has 3 N–H and O–H groups in total. The number of likely N-dealkylation sites (N-methyl/N-ethyl adjacent to an activating group) is 1. The third-order valence-electron chi connectivity index (χ3n) is 25.6. The van der Waals surface area contributed by atoms with Crippen molar-refractivity contribution in [3.8, 4) is 79.3 Å². The number of ketones is 3. The molecule has 28 heteroatoms. The van der Waals surface area contributed by atoms with Crippen LogP contribution in [0, 0.1) is 13.8 Å². The second-order valence-corrected chi connectivity index (χ2v) is 41.7. The van der Waals surface area contributed by atoms with Gasteiger partial charge in [-0.15, -0.1) is 0 Å². The summed E-state index contributed by atoms with van der Waals surface area (Å²) in [5, 5.41) is 21.6. The van der Waals surface area contributed by atoms with Crippen LogP contribution in [0.25, 0.3) is 44.8 Å². The lowest BCUT2D eigenvalue weighted by Gasteiger charge is -2.19. The van der Waals surface area contributed by atoms with Crippen molar-refractivity contribution in [2.75, 3.05) is 72.0 Å². The summed E-state index contributed by atoms with van der Waals surface area (Å²) in [6.45, 7) is 8.32. The van der Waals surface area contributed by atoms with Crippen LogP contribution in [-0.4, -0.2) is 160 Å². The van der Waals surface area contributed by atoms with Gasteiger partial charge in [-0.25, -0.2) is 34.5 Å². The third-order valence-corrected chi connectivity index (χ3v) is 30.2. The zero-order valence-electron chi connectivity index (χ0n) is 74.8. The zero-order valence-corrected chi connectivity index (χ0v) is 77.3. The van der Waals surface area contributed by atoms with Crippen molar-refractivity contribution < 1.29 is 84.5 Å². The highest BCUT2D eigenvalue weighted by Gasteiger charge is 2.54. The van der Waals surface area contributed by atoms with Gasteiger partial charge in [0.15, 0.2) is 34.5 Å². The average Bonchev–Trinajstić information content (AvgIpc) is 1.60. The molecule has 1 amide bonds. The fraction of sp³-hybridized carbons (Fsp3) is 0.308. The molecule has 1 unspecified atom stereocenters. The molecule has 0 spiro atoms. The summed E-state index contributed by atoms with van der Waals surface area (Å²) in [6.07, 6.45) is 9.79. The van der Waals surface area contributed by atoms with Crippen molar-refractivity contribution >= 4 is 59.0 Å². The monoisotopic (exact) mass is 1840 g/mol. The second kappa shape index (κ2) is 38.3. The third kappa shape index (κ3) is 20.3. The van der Waals surface area contributed by atoms with Crippen molar-refractivity contribution in [1.29, 1.82) is 0 Å². The fourth-order valence-electron chi connectivity index (χ4n) is 17.2. The lowest BCUT2D eigenvalue weighted by atomic mass is 9.88. The first-order valence-electron chi connectivity index (χ1n) is 44.0. The number of aliphatic hydroxyl groups is 2. The highest BCUT2D eigenvalue weighted by Crippen LogP contribution is 2.55. The predicted octanol–water partition coefficient (Wildman–Crippen LogP) is 16.2. The van der Waals surface area contributed by atoms with Crippen LogP contribution >= 0.6 is 0 Å². The minimum atomic E-state index is -3.83. The molecule has 25 nitrogen and oxygen atoms in total. The van der Waals surface area contributed by atoms with E-state index in [2.05, 4.69) is 64.4 Å². The Morgan fingerprint density at radius 1 is 0.455 bits per heavy atom. The number of carbonyl (C=O) groups is 4. The van der Waals surface area contributed by atoms with Gasteiger partial charge >= 0.3 is 0 Å². The largest absolute Gasteiger partial charge is 0.454 e. The molecule has 12 aromatic rings. The number of fused-ring (bicyclic) bond motifs is 3. The van der Waals surface area contributed by atoms with Gasteiger partial charge in [0.1, 0.15) is 33.0 Å². The number of aliphatic hydroxyl groups excluding tert-OH is 2. The standard InChI is InChI=1S/C27H28N2O7S.C27H27NO3.C26H26N2O5S.C24H24N2O3S.H2/c1-29(15-21(31)16-30)37(33,34)22-8-5-18(6-9-22)23-4-2-3-20(28-23)14-26(32)27(11-12-27)19-7-10-24-25(13-19)36-17-35-24;1-17(2)21-6-4-5-7-23(21)22-10-9-20(28-18(22)3)15-26(29)27(12-13-27)19-8-11-24-25(14-19)31-16-30-24;1-17-12-20(27-15-22(17)18-4-7-21(8-5-18)34(30,31)28(2)3)14-25(29)26(10-11-26)19-6-9-23-24(13-19)33-16-32-23;1-30(28,29)17-14-18-10-12-19(13-11-18)21-8-5-9-22(25-21)26-23(27)24(15-16-24)20-6-3-2-4-7-20;/h2-10,13,21,30-31H,11-12,14-17H2,1H3;4-11,14,17H,12-13,15-16H2,1-3H3;4-9,12-13,15H,10-11,14,16H2,1-3H3;2-13H,14-17H2,1H3,(H,25,26,27);1H. The van der Waals surface area contributed by atoms with Crippen LogP contribution < -0.4 is 33.7 Å². The van der Waals surface area contributed by atoms with Gasteiger partial charge in [0.05, 0.1) is 61.3 Å². The molecule has 4 aromatic heterocycles. The Kier molecular flexibility index (Phi) is 26.8. The van der Waals surface area contributed by atoms with Gasteiger partial charge in [-0.3, -0.25) is 34.1 Å².